The van der Waals surface area contributed by atoms with Gasteiger partial charge in [-0.05, 0) is 25.1 Å². The molecule has 0 bridgehead atoms. The number of esters is 1. The lowest BCUT2D eigenvalue weighted by Gasteiger charge is -2.46. The second kappa shape index (κ2) is 6.16. The van der Waals surface area contributed by atoms with Crippen molar-refractivity contribution in [2.24, 2.45) is 11.8 Å². The molecule has 1 saturated heterocycles. The monoisotopic (exact) mass is 302 g/mol. The van der Waals surface area contributed by atoms with Crippen molar-refractivity contribution in [3.63, 3.8) is 0 Å². The van der Waals surface area contributed by atoms with E-state index in [1.165, 1.54) is 0 Å². The van der Waals surface area contributed by atoms with Crippen LogP contribution >= 0.6 is 0 Å². The van der Waals surface area contributed by atoms with Crippen LogP contribution in [0.3, 0.4) is 0 Å². The van der Waals surface area contributed by atoms with E-state index in [0.29, 0.717) is 6.42 Å². The summed E-state index contributed by atoms with van der Waals surface area (Å²) in [5.41, 5.74) is 0. The molecule has 1 aliphatic heterocycles. The van der Waals surface area contributed by atoms with Gasteiger partial charge in [0.05, 0.1) is 12.0 Å². The topological polar surface area (TPSA) is 55.8 Å². The Hall–Kier alpha value is -0.393. The standard InChI is InChI=1S/C15H30O4Si/c1-10-12(8-9-16)18-14(17)11(2)13(10)19-20(6,7)15(3,4)5/h10-13,16H,8-9H2,1-7H3/t10-,11+,12-,13?/m1/s1. The quantitative estimate of drug-likeness (QED) is 0.641. The molecule has 0 aromatic rings. The molecule has 1 N–H and O–H groups in total. The third-order valence-electron chi connectivity index (χ3n) is 4.89. The molecule has 1 rings (SSSR count). The molecule has 0 aromatic heterocycles. The van der Waals surface area contributed by atoms with Crippen LogP contribution in [0.4, 0.5) is 0 Å². The summed E-state index contributed by atoms with van der Waals surface area (Å²) in [6.07, 6.45) is 0.129. The molecule has 118 valence electrons. The SMILES string of the molecule is C[C@@H]1C(=O)O[C@H](CCO)[C@@H](C)C1O[Si](C)(C)C(C)(C)C. The van der Waals surface area contributed by atoms with Crippen molar-refractivity contribution in [3.05, 3.63) is 0 Å². The average molecular weight is 302 g/mol. The number of aliphatic hydroxyl groups excluding tert-OH is 1. The number of hydrogen-bond donors (Lipinski definition) is 1. The van der Waals surface area contributed by atoms with Crippen LogP contribution in [0.5, 0.6) is 0 Å². The first kappa shape index (κ1) is 17.7. The molecule has 20 heavy (non-hydrogen) atoms. The van der Waals surface area contributed by atoms with Gasteiger partial charge in [0.2, 0.25) is 0 Å². The number of carbonyl (C=O) groups excluding carboxylic acids is 1. The van der Waals surface area contributed by atoms with E-state index in [4.69, 9.17) is 14.3 Å². The van der Waals surface area contributed by atoms with E-state index < -0.39 is 8.32 Å². The van der Waals surface area contributed by atoms with Crippen LogP contribution in [-0.2, 0) is 14.0 Å². The van der Waals surface area contributed by atoms with Crippen molar-refractivity contribution in [3.8, 4) is 0 Å². The molecule has 0 radical (unpaired) electrons. The van der Waals surface area contributed by atoms with Gasteiger partial charge in [0.25, 0.3) is 0 Å². The highest BCUT2D eigenvalue weighted by atomic mass is 28.4. The predicted octanol–water partition coefficient (Wildman–Crippen LogP) is 2.96. The number of aliphatic hydroxyl groups is 1. The van der Waals surface area contributed by atoms with Crippen LogP contribution in [0.1, 0.15) is 41.0 Å². The van der Waals surface area contributed by atoms with E-state index in [2.05, 4.69) is 40.8 Å². The first-order valence-electron chi connectivity index (χ1n) is 7.50. The third kappa shape index (κ3) is 3.62. The van der Waals surface area contributed by atoms with Gasteiger partial charge in [0.1, 0.15) is 6.10 Å². The van der Waals surface area contributed by atoms with Gasteiger partial charge in [-0.3, -0.25) is 4.79 Å². The Bertz CT molecular complexity index is 348. The van der Waals surface area contributed by atoms with E-state index in [1.54, 1.807) is 0 Å². The highest BCUT2D eigenvalue weighted by molar-refractivity contribution is 6.74. The lowest BCUT2D eigenvalue weighted by atomic mass is 9.85. The lowest BCUT2D eigenvalue weighted by molar-refractivity contribution is -0.177. The van der Waals surface area contributed by atoms with Crippen molar-refractivity contribution in [1.82, 2.24) is 0 Å². The molecule has 5 heteroatoms. The van der Waals surface area contributed by atoms with E-state index in [9.17, 15) is 4.79 Å². The van der Waals surface area contributed by atoms with Gasteiger partial charge in [0.15, 0.2) is 8.32 Å². The smallest absolute Gasteiger partial charge is 0.311 e. The first-order chi connectivity index (χ1) is 9.01. The van der Waals surface area contributed by atoms with Gasteiger partial charge in [-0.15, -0.1) is 0 Å². The molecule has 1 aliphatic rings. The molecule has 1 fully saturated rings. The largest absolute Gasteiger partial charge is 0.462 e. The second-order valence-corrected chi connectivity index (χ2v) is 12.2. The summed E-state index contributed by atoms with van der Waals surface area (Å²) < 4.78 is 11.9. The molecular weight excluding hydrogens is 272 g/mol. The zero-order valence-corrected chi connectivity index (χ0v) is 14.9. The highest BCUT2D eigenvalue weighted by Crippen LogP contribution is 2.41. The van der Waals surface area contributed by atoms with Crippen LogP contribution in [0.25, 0.3) is 0 Å². The van der Waals surface area contributed by atoms with Crippen LogP contribution in [0.2, 0.25) is 18.1 Å². The van der Waals surface area contributed by atoms with E-state index in [1.807, 2.05) is 6.92 Å². The number of hydrogen-bond acceptors (Lipinski definition) is 4. The number of ether oxygens (including phenoxy) is 1. The summed E-state index contributed by atoms with van der Waals surface area (Å²) in [7, 11) is -1.93. The van der Waals surface area contributed by atoms with Gasteiger partial charge in [-0.2, -0.15) is 0 Å². The fourth-order valence-electron chi connectivity index (χ4n) is 2.34. The molecule has 0 saturated carbocycles. The van der Waals surface area contributed by atoms with E-state index in [0.717, 1.165) is 0 Å². The lowest BCUT2D eigenvalue weighted by Crippen LogP contribution is -2.54. The molecule has 4 nitrogen and oxygen atoms in total. The van der Waals surface area contributed by atoms with Gasteiger partial charge >= 0.3 is 5.97 Å². The van der Waals surface area contributed by atoms with Gasteiger partial charge in [0, 0.05) is 18.9 Å². The second-order valence-electron chi connectivity index (χ2n) is 7.48. The first-order valence-corrected chi connectivity index (χ1v) is 10.4. The molecule has 1 heterocycles. The molecule has 4 atom stereocenters. The Labute approximate surface area is 124 Å². The van der Waals surface area contributed by atoms with Gasteiger partial charge in [-0.1, -0.05) is 27.7 Å². The fraction of sp³-hybridized carbons (Fsp3) is 0.933. The Morgan fingerprint density at radius 1 is 1.30 bits per heavy atom. The summed E-state index contributed by atoms with van der Waals surface area (Å²) in [5, 5.41) is 9.22. The van der Waals surface area contributed by atoms with E-state index in [-0.39, 0.29) is 41.7 Å². The maximum atomic E-state index is 12.0. The van der Waals surface area contributed by atoms with Crippen molar-refractivity contribution in [2.75, 3.05) is 6.61 Å². The number of carbonyl (C=O) groups is 1. The third-order valence-corrected chi connectivity index (χ3v) is 9.36. The van der Waals surface area contributed by atoms with Crippen molar-refractivity contribution < 1.29 is 19.1 Å². The molecule has 0 aliphatic carbocycles. The zero-order valence-electron chi connectivity index (χ0n) is 13.9. The molecule has 0 spiro atoms. The normalized spacial score (nSPS) is 32.1. The summed E-state index contributed by atoms with van der Waals surface area (Å²) in [6.45, 7) is 15.0. The molecular formula is C15H30O4Si. The highest BCUT2D eigenvalue weighted by Gasteiger charge is 2.47. The van der Waals surface area contributed by atoms with Crippen molar-refractivity contribution in [1.29, 1.82) is 0 Å². The fourth-order valence-corrected chi connectivity index (χ4v) is 3.79. The predicted molar refractivity (Wildman–Crippen MR) is 82.0 cm³/mol. The van der Waals surface area contributed by atoms with E-state index >= 15 is 0 Å². The maximum Gasteiger partial charge on any atom is 0.311 e. The Morgan fingerprint density at radius 2 is 1.85 bits per heavy atom. The summed E-state index contributed by atoms with van der Waals surface area (Å²) in [4.78, 5) is 12.0. The van der Waals surface area contributed by atoms with Crippen molar-refractivity contribution in [2.45, 2.75) is 71.4 Å². The summed E-state index contributed by atoms with van der Waals surface area (Å²) >= 11 is 0. The van der Waals surface area contributed by atoms with Crippen LogP contribution in [0.15, 0.2) is 0 Å². The van der Waals surface area contributed by atoms with Crippen LogP contribution in [0, 0.1) is 11.8 Å². The minimum atomic E-state index is -1.93. The number of rotatable bonds is 4. The average Bonchev–Trinajstić information content (AvgIpc) is 2.30. The number of cyclic esters (lactones) is 1. The van der Waals surface area contributed by atoms with Crippen molar-refractivity contribution >= 4 is 14.3 Å². The van der Waals surface area contributed by atoms with Gasteiger partial charge < -0.3 is 14.3 Å². The molecule has 0 amide bonds. The molecule has 1 unspecified atom stereocenters. The van der Waals surface area contributed by atoms with Crippen LogP contribution < -0.4 is 0 Å². The Balaban J connectivity index is 2.92. The maximum absolute atomic E-state index is 12.0. The van der Waals surface area contributed by atoms with Gasteiger partial charge in [-0.25, -0.2) is 0 Å². The van der Waals surface area contributed by atoms with Crippen LogP contribution in [-0.4, -0.2) is 38.2 Å². The minimum absolute atomic E-state index is 0.0312. The summed E-state index contributed by atoms with van der Waals surface area (Å²) in [5.74, 6) is -0.330. The molecule has 0 aromatic carbocycles. The summed E-state index contributed by atoms with van der Waals surface area (Å²) in [6, 6.07) is 0. The minimum Gasteiger partial charge on any atom is -0.462 e. The zero-order chi connectivity index (χ0) is 15.7. The Morgan fingerprint density at radius 3 is 2.30 bits per heavy atom. The Kier molecular flexibility index (Phi) is 5.44.